The first kappa shape index (κ1) is 13.8. The van der Waals surface area contributed by atoms with Crippen molar-refractivity contribution in [1.82, 2.24) is 4.90 Å². The van der Waals surface area contributed by atoms with Crippen LogP contribution in [-0.2, 0) is 9.53 Å². The normalized spacial score (nSPS) is 34.7. The standard InChI is InChI=1S/C14H25NO3/c1-11(2)12-4-3-5-14(10-12,13(16)17)15-6-8-18-9-7-15/h11-12H,3-10H2,1-2H3,(H,16,17). The number of hydrogen-bond acceptors (Lipinski definition) is 3. The lowest BCUT2D eigenvalue weighted by atomic mass is 9.70. The number of nitrogens with zero attached hydrogens (tertiary/aromatic N) is 1. The summed E-state index contributed by atoms with van der Waals surface area (Å²) in [4.78, 5) is 14.0. The van der Waals surface area contributed by atoms with Crippen LogP contribution < -0.4 is 0 Å². The number of carboxylic acid groups (broad SMARTS) is 1. The van der Waals surface area contributed by atoms with E-state index >= 15 is 0 Å². The fourth-order valence-corrected chi connectivity index (χ4v) is 3.47. The molecule has 0 amide bonds. The molecule has 1 saturated heterocycles. The Morgan fingerprint density at radius 3 is 2.61 bits per heavy atom. The summed E-state index contributed by atoms with van der Waals surface area (Å²) in [5.41, 5.74) is -0.628. The van der Waals surface area contributed by atoms with Gasteiger partial charge in [0.05, 0.1) is 13.2 Å². The topological polar surface area (TPSA) is 49.8 Å². The Balaban J connectivity index is 2.17. The van der Waals surface area contributed by atoms with Gasteiger partial charge in [-0.05, 0) is 24.7 Å². The third-order valence-corrected chi connectivity index (χ3v) is 4.72. The molecule has 1 heterocycles. The molecule has 2 fully saturated rings. The molecule has 0 spiro atoms. The summed E-state index contributed by atoms with van der Waals surface area (Å²) < 4.78 is 5.35. The molecular formula is C14H25NO3. The monoisotopic (exact) mass is 255 g/mol. The second-order valence-corrected chi connectivity index (χ2v) is 6.04. The number of rotatable bonds is 3. The van der Waals surface area contributed by atoms with Crippen molar-refractivity contribution in [3.05, 3.63) is 0 Å². The summed E-state index contributed by atoms with van der Waals surface area (Å²) in [6.07, 6.45) is 3.81. The van der Waals surface area contributed by atoms with Crippen molar-refractivity contribution in [2.24, 2.45) is 11.8 Å². The molecule has 1 aliphatic carbocycles. The number of aliphatic carboxylic acids is 1. The molecule has 2 unspecified atom stereocenters. The first-order valence-electron chi connectivity index (χ1n) is 7.12. The summed E-state index contributed by atoms with van der Waals surface area (Å²) in [6, 6.07) is 0. The highest BCUT2D eigenvalue weighted by atomic mass is 16.5. The van der Waals surface area contributed by atoms with E-state index in [0.717, 1.165) is 32.4 Å². The second kappa shape index (κ2) is 5.57. The van der Waals surface area contributed by atoms with E-state index in [2.05, 4.69) is 18.7 Å². The van der Waals surface area contributed by atoms with Crippen LogP contribution in [-0.4, -0.2) is 47.8 Å². The maximum atomic E-state index is 11.9. The fourth-order valence-electron chi connectivity index (χ4n) is 3.47. The Labute approximate surface area is 109 Å². The van der Waals surface area contributed by atoms with E-state index in [0.29, 0.717) is 25.0 Å². The predicted molar refractivity (Wildman–Crippen MR) is 69.6 cm³/mol. The van der Waals surface area contributed by atoms with Crippen molar-refractivity contribution < 1.29 is 14.6 Å². The zero-order valence-electron chi connectivity index (χ0n) is 11.5. The van der Waals surface area contributed by atoms with Crippen LogP contribution in [0.2, 0.25) is 0 Å². The van der Waals surface area contributed by atoms with Crippen LogP contribution in [0.5, 0.6) is 0 Å². The van der Waals surface area contributed by atoms with Gasteiger partial charge in [-0.15, -0.1) is 0 Å². The highest BCUT2D eigenvalue weighted by molar-refractivity contribution is 5.79. The Kier molecular flexibility index (Phi) is 4.28. The van der Waals surface area contributed by atoms with Gasteiger partial charge < -0.3 is 9.84 Å². The molecule has 0 bridgehead atoms. The van der Waals surface area contributed by atoms with Crippen molar-refractivity contribution in [3.63, 3.8) is 0 Å². The van der Waals surface area contributed by atoms with Crippen molar-refractivity contribution in [2.75, 3.05) is 26.3 Å². The van der Waals surface area contributed by atoms with Gasteiger partial charge >= 0.3 is 5.97 Å². The molecule has 1 saturated carbocycles. The Morgan fingerprint density at radius 2 is 2.06 bits per heavy atom. The van der Waals surface area contributed by atoms with Gasteiger partial charge in [0, 0.05) is 13.1 Å². The Morgan fingerprint density at radius 1 is 1.39 bits per heavy atom. The van der Waals surface area contributed by atoms with E-state index in [4.69, 9.17) is 4.74 Å². The van der Waals surface area contributed by atoms with Crippen LogP contribution in [0.15, 0.2) is 0 Å². The molecule has 4 nitrogen and oxygen atoms in total. The number of carboxylic acids is 1. The van der Waals surface area contributed by atoms with E-state index in [9.17, 15) is 9.90 Å². The number of morpholine rings is 1. The number of carbonyl (C=O) groups is 1. The van der Waals surface area contributed by atoms with Crippen molar-refractivity contribution in [3.8, 4) is 0 Å². The van der Waals surface area contributed by atoms with Crippen LogP contribution >= 0.6 is 0 Å². The van der Waals surface area contributed by atoms with E-state index < -0.39 is 11.5 Å². The first-order valence-corrected chi connectivity index (χ1v) is 7.12. The van der Waals surface area contributed by atoms with E-state index in [1.807, 2.05) is 0 Å². The van der Waals surface area contributed by atoms with Crippen molar-refractivity contribution in [1.29, 1.82) is 0 Å². The Hall–Kier alpha value is -0.610. The molecular weight excluding hydrogens is 230 g/mol. The zero-order valence-corrected chi connectivity index (χ0v) is 11.5. The van der Waals surface area contributed by atoms with Crippen molar-refractivity contribution >= 4 is 5.97 Å². The molecule has 2 rings (SSSR count). The first-order chi connectivity index (χ1) is 8.56. The van der Waals surface area contributed by atoms with Gasteiger partial charge in [0.1, 0.15) is 5.54 Å². The van der Waals surface area contributed by atoms with Gasteiger partial charge in [-0.3, -0.25) is 9.69 Å². The van der Waals surface area contributed by atoms with E-state index in [1.54, 1.807) is 0 Å². The van der Waals surface area contributed by atoms with Gasteiger partial charge in [0.15, 0.2) is 0 Å². The summed E-state index contributed by atoms with van der Waals surface area (Å²) in [5, 5.41) is 9.76. The predicted octanol–water partition coefficient (Wildman–Crippen LogP) is 1.99. The number of ether oxygens (including phenoxy) is 1. The molecule has 104 valence electrons. The minimum atomic E-state index is -0.630. The summed E-state index contributed by atoms with van der Waals surface area (Å²) in [6.45, 7) is 7.28. The van der Waals surface area contributed by atoms with Crippen LogP contribution in [0.3, 0.4) is 0 Å². The third kappa shape index (κ3) is 2.54. The maximum Gasteiger partial charge on any atom is 0.324 e. The minimum Gasteiger partial charge on any atom is -0.480 e. The van der Waals surface area contributed by atoms with Crippen LogP contribution in [0.4, 0.5) is 0 Å². The lowest BCUT2D eigenvalue weighted by Gasteiger charge is -2.47. The van der Waals surface area contributed by atoms with Crippen LogP contribution in [0, 0.1) is 11.8 Å². The van der Waals surface area contributed by atoms with Crippen LogP contribution in [0.25, 0.3) is 0 Å². The quantitative estimate of drug-likeness (QED) is 0.838. The Bertz CT molecular complexity index is 299. The molecule has 1 N–H and O–H groups in total. The van der Waals surface area contributed by atoms with Crippen molar-refractivity contribution in [2.45, 2.75) is 45.1 Å². The molecule has 18 heavy (non-hydrogen) atoms. The van der Waals surface area contributed by atoms with E-state index in [1.165, 1.54) is 6.42 Å². The summed E-state index contributed by atoms with van der Waals surface area (Å²) in [5.74, 6) is 0.484. The SMILES string of the molecule is CC(C)C1CCCC(C(=O)O)(N2CCOCC2)C1. The van der Waals surface area contributed by atoms with Gasteiger partial charge in [0.2, 0.25) is 0 Å². The third-order valence-electron chi connectivity index (χ3n) is 4.72. The second-order valence-electron chi connectivity index (χ2n) is 6.04. The largest absolute Gasteiger partial charge is 0.480 e. The highest BCUT2D eigenvalue weighted by Gasteiger charge is 2.48. The van der Waals surface area contributed by atoms with Crippen LogP contribution in [0.1, 0.15) is 39.5 Å². The molecule has 0 aromatic carbocycles. The summed E-state index contributed by atoms with van der Waals surface area (Å²) >= 11 is 0. The molecule has 2 aliphatic rings. The van der Waals surface area contributed by atoms with Gasteiger partial charge in [-0.2, -0.15) is 0 Å². The molecule has 2 atom stereocenters. The van der Waals surface area contributed by atoms with Gasteiger partial charge in [0.25, 0.3) is 0 Å². The molecule has 0 radical (unpaired) electrons. The average Bonchev–Trinajstić information content (AvgIpc) is 2.39. The maximum absolute atomic E-state index is 11.9. The zero-order chi connectivity index (χ0) is 13.2. The molecule has 1 aliphatic heterocycles. The smallest absolute Gasteiger partial charge is 0.324 e. The van der Waals surface area contributed by atoms with E-state index in [-0.39, 0.29) is 0 Å². The lowest BCUT2D eigenvalue weighted by Crippen LogP contribution is -2.60. The molecule has 4 heteroatoms. The fraction of sp³-hybridized carbons (Fsp3) is 0.929. The lowest BCUT2D eigenvalue weighted by molar-refractivity contribution is -0.160. The minimum absolute atomic E-state index is 0.540. The average molecular weight is 255 g/mol. The van der Waals surface area contributed by atoms with Gasteiger partial charge in [-0.1, -0.05) is 26.7 Å². The highest BCUT2D eigenvalue weighted by Crippen LogP contribution is 2.40. The number of hydrogen-bond donors (Lipinski definition) is 1. The molecule has 0 aromatic heterocycles. The van der Waals surface area contributed by atoms with Gasteiger partial charge in [-0.25, -0.2) is 0 Å². The summed E-state index contributed by atoms with van der Waals surface area (Å²) in [7, 11) is 0. The molecule has 0 aromatic rings.